The molecule has 0 bridgehead atoms. The molecule has 1 aromatic carbocycles. The molecule has 110 valence electrons. The number of hydrogen-bond donors (Lipinski definition) is 0. The molecular formula is C17H25NO2. The van der Waals surface area contributed by atoms with Gasteiger partial charge in [0.2, 0.25) is 0 Å². The number of carbonyl (C=O) groups excluding carboxylic acids is 1. The van der Waals surface area contributed by atoms with Crippen molar-refractivity contribution in [1.82, 2.24) is 4.90 Å². The van der Waals surface area contributed by atoms with Crippen LogP contribution in [0.1, 0.15) is 42.1 Å². The maximum Gasteiger partial charge on any atom is 0.176 e. The number of likely N-dealkylation sites (N-methyl/N-ethyl adjacent to an activating group) is 1. The lowest BCUT2D eigenvalue weighted by Gasteiger charge is -2.27. The van der Waals surface area contributed by atoms with Crippen LogP contribution in [0.5, 0.6) is 0 Å². The molecule has 1 atom stereocenters. The molecule has 0 aromatic heterocycles. The number of benzene rings is 1. The molecule has 0 amide bonds. The SMILES string of the molecule is CCc1ccc(C(=O)CN(C)CC2CCCCO2)cc1. The van der Waals surface area contributed by atoms with Gasteiger partial charge in [-0.25, -0.2) is 0 Å². The fourth-order valence-electron chi connectivity index (χ4n) is 2.63. The minimum absolute atomic E-state index is 0.186. The van der Waals surface area contributed by atoms with Crippen molar-refractivity contribution in [3.63, 3.8) is 0 Å². The topological polar surface area (TPSA) is 29.5 Å². The largest absolute Gasteiger partial charge is 0.377 e. The highest BCUT2D eigenvalue weighted by Crippen LogP contribution is 2.14. The zero-order chi connectivity index (χ0) is 14.4. The van der Waals surface area contributed by atoms with Crippen molar-refractivity contribution in [1.29, 1.82) is 0 Å². The lowest BCUT2D eigenvalue weighted by Crippen LogP contribution is -2.36. The van der Waals surface area contributed by atoms with Gasteiger partial charge in [-0.1, -0.05) is 31.2 Å². The van der Waals surface area contributed by atoms with Crippen LogP contribution in [0.2, 0.25) is 0 Å². The van der Waals surface area contributed by atoms with Crippen LogP contribution in [-0.2, 0) is 11.2 Å². The van der Waals surface area contributed by atoms with Crippen molar-refractivity contribution in [2.45, 2.75) is 38.7 Å². The summed E-state index contributed by atoms with van der Waals surface area (Å²) in [6.45, 7) is 4.30. The average Bonchev–Trinajstić information content (AvgIpc) is 2.48. The number of carbonyl (C=O) groups is 1. The third kappa shape index (κ3) is 4.43. The first-order valence-electron chi connectivity index (χ1n) is 7.61. The Balaban J connectivity index is 1.82. The predicted molar refractivity (Wildman–Crippen MR) is 81.2 cm³/mol. The van der Waals surface area contributed by atoms with Gasteiger partial charge < -0.3 is 4.74 Å². The predicted octanol–water partition coefficient (Wildman–Crippen LogP) is 2.93. The van der Waals surface area contributed by atoms with Gasteiger partial charge in [0, 0.05) is 18.7 Å². The van der Waals surface area contributed by atoms with Crippen LogP contribution in [0, 0.1) is 0 Å². The number of rotatable bonds is 6. The van der Waals surface area contributed by atoms with Gasteiger partial charge in [-0.15, -0.1) is 0 Å². The fraction of sp³-hybridized carbons (Fsp3) is 0.588. The van der Waals surface area contributed by atoms with Crippen LogP contribution in [0.15, 0.2) is 24.3 Å². The lowest BCUT2D eigenvalue weighted by atomic mass is 10.1. The molecule has 0 N–H and O–H groups in total. The smallest absolute Gasteiger partial charge is 0.176 e. The maximum atomic E-state index is 12.2. The van der Waals surface area contributed by atoms with Gasteiger partial charge in [-0.3, -0.25) is 9.69 Å². The van der Waals surface area contributed by atoms with E-state index in [4.69, 9.17) is 4.74 Å². The van der Waals surface area contributed by atoms with E-state index in [1.807, 2.05) is 31.3 Å². The summed E-state index contributed by atoms with van der Waals surface area (Å²) in [4.78, 5) is 14.3. The van der Waals surface area contributed by atoms with Gasteiger partial charge in [0.1, 0.15) is 0 Å². The zero-order valence-electron chi connectivity index (χ0n) is 12.6. The average molecular weight is 275 g/mol. The molecule has 1 aromatic rings. The molecule has 1 unspecified atom stereocenters. The van der Waals surface area contributed by atoms with Crippen molar-refractivity contribution in [2.75, 3.05) is 26.7 Å². The Hall–Kier alpha value is -1.19. The van der Waals surface area contributed by atoms with E-state index in [9.17, 15) is 4.79 Å². The van der Waals surface area contributed by atoms with E-state index >= 15 is 0 Å². The minimum atomic E-state index is 0.186. The second-order valence-corrected chi connectivity index (χ2v) is 5.66. The molecule has 3 heteroatoms. The second-order valence-electron chi connectivity index (χ2n) is 5.66. The van der Waals surface area contributed by atoms with Crippen LogP contribution in [0.3, 0.4) is 0 Å². The van der Waals surface area contributed by atoms with Crippen molar-refractivity contribution >= 4 is 5.78 Å². The summed E-state index contributed by atoms with van der Waals surface area (Å²) < 4.78 is 5.71. The first-order valence-corrected chi connectivity index (χ1v) is 7.61. The van der Waals surface area contributed by atoms with Gasteiger partial charge in [-0.05, 0) is 38.3 Å². The first kappa shape index (κ1) is 15.2. The monoisotopic (exact) mass is 275 g/mol. The first-order chi connectivity index (χ1) is 9.69. The van der Waals surface area contributed by atoms with E-state index < -0.39 is 0 Å². The third-order valence-corrected chi connectivity index (χ3v) is 3.89. The Kier molecular flexibility index (Phi) is 5.74. The van der Waals surface area contributed by atoms with E-state index in [0.717, 1.165) is 31.6 Å². The number of aryl methyl sites for hydroxylation is 1. The highest BCUT2D eigenvalue weighted by molar-refractivity contribution is 5.97. The molecule has 1 saturated heterocycles. The summed E-state index contributed by atoms with van der Waals surface area (Å²) >= 11 is 0. The standard InChI is InChI=1S/C17H25NO2/c1-3-14-7-9-15(10-8-14)17(19)13-18(2)12-16-6-4-5-11-20-16/h7-10,16H,3-6,11-13H2,1-2H3. The zero-order valence-corrected chi connectivity index (χ0v) is 12.6. The van der Waals surface area contributed by atoms with Crippen molar-refractivity contribution in [3.05, 3.63) is 35.4 Å². The maximum absolute atomic E-state index is 12.2. The molecule has 0 aliphatic carbocycles. The van der Waals surface area contributed by atoms with Crippen LogP contribution < -0.4 is 0 Å². The second kappa shape index (κ2) is 7.55. The summed E-state index contributed by atoms with van der Waals surface area (Å²) in [5.41, 5.74) is 2.07. The molecule has 0 radical (unpaired) electrons. The van der Waals surface area contributed by atoms with Crippen LogP contribution >= 0.6 is 0 Å². The fourth-order valence-corrected chi connectivity index (χ4v) is 2.63. The number of nitrogens with zero attached hydrogens (tertiary/aromatic N) is 1. The van der Waals surface area contributed by atoms with Gasteiger partial charge in [0.15, 0.2) is 5.78 Å². The Morgan fingerprint density at radius 3 is 2.65 bits per heavy atom. The Morgan fingerprint density at radius 2 is 2.05 bits per heavy atom. The number of ketones is 1. The molecular weight excluding hydrogens is 250 g/mol. The molecule has 0 spiro atoms. The molecule has 1 fully saturated rings. The van der Waals surface area contributed by atoms with Crippen molar-refractivity contribution in [3.8, 4) is 0 Å². The highest BCUT2D eigenvalue weighted by Gasteiger charge is 2.17. The molecule has 20 heavy (non-hydrogen) atoms. The Morgan fingerprint density at radius 1 is 1.30 bits per heavy atom. The summed E-state index contributed by atoms with van der Waals surface area (Å²) in [5.74, 6) is 0.186. The van der Waals surface area contributed by atoms with E-state index in [0.29, 0.717) is 12.6 Å². The van der Waals surface area contributed by atoms with Crippen LogP contribution in [0.25, 0.3) is 0 Å². The molecule has 1 aliphatic heterocycles. The van der Waals surface area contributed by atoms with Crippen LogP contribution in [0.4, 0.5) is 0 Å². The molecule has 0 saturated carbocycles. The lowest BCUT2D eigenvalue weighted by molar-refractivity contribution is -0.000668. The summed E-state index contributed by atoms with van der Waals surface area (Å²) in [5, 5.41) is 0. The normalized spacial score (nSPS) is 19.2. The van der Waals surface area contributed by atoms with E-state index in [1.54, 1.807) is 0 Å². The van der Waals surface area contributed by atoms with Crippen LogP contribution in [-0.4, -0.2) is 43.5 Å². The van der Waals surface area contributed by atoms with E-state index in [2.05, 4.69) is 11.8 Å². The summed E-state index contributed by atoms with van der Waals surface area (Å²) in [6.07, 6.45) is 4.83. The van der Waals surface area contributed by atoms with Crippen molar-refractivity contribution < 1.29 is 9.53 Å². The third-order valence-electron chi connectivity index (χ3n) is 3.89. The number of hydrogen-bond acceptors (Lipinski definition) is 3. The minimum Gasteiger partial charge on any atom is -0.377 e. The van der Waals surface area contributed by atoms with Gasteiger partial charge >= 0.3 is 0 Å². The number of ether oxygens (including phenoxy) is 1. The molecule has 2 rings (SSSR count). The Bertz CT molecular complexity index is 421. The van der Waals surface area contributed by atoms with Gasteiger partial charge in [0.25, 0.3) is 0 Å². The number of Topliss-reactive ketones (excluding diaryl/α,β-unsaturated/α-hetero) is 1. The highest BCUT2D eigenvalue weighted by atomic mass is 16.5. The van der Waals surface area contributed by atoms with Gasteiger partial charge in [0.05, 0.1) is 12.6 Å². The van der Waals surface area contributed by atoms with Gasteiger partial charge in [-0.2, -0.15) is 0 Å². The molecule has 3 nitrogen and oxygen atoms in total. The van der Waals surface area contributed by atoms with E-state index in [-0.39, 0.29) is 5.78 Å². The quantitative estimate of drug-likeness (QED) is 0.748. The van der Waals surface area contributed by atoms with Crippen molar-refractivity contribution in [2.24, 2.45) is 0 Å². The molecule has 1 aliphatic rings. The molecule has 1 heterocycles. The summed E-state index contributed by atoms with van der Waals surface area (Å²) in [6, 6.07) is 7.95. The Labute approximate surface area is 121 Å². The van der Waals surface area contributed by atoms with E-state index in [1.165, 1.54) is 18.4 Å². The summed E-state index contributed by atoms with van der Waals surface area (Å²) in [7, 11) is 2.00.